The van der Waals surface area contributed by atoms with Crippen molar-refractivity contribution in [2.75, 3.05) is 13.1 Å². The third-order valence-electron chi connectivity index (χ3n) is 5.76. The maximum atomic E-state index is 14.8. The number of carbonyl (C=O) groups excluding carboxylic acids is 1. The zero-order valence-corrected chi connectivity index (χ0v) is 18.9. The number of sulfone groups is 1. The second-order valence-corrected chi connectivity index (χ2v) is 10.1. The molecule has 3 aromatic carbocycles. The Morgan fingerprint density at radius 1 is 1.00 bits per heavy atom. The molecule has 0 spiro atoms. The van der Waals surface area contributed by atoms with Crippen LogP contribution in [0.5, 0.6) is 5.75 Å². The molecule has 4 aromatic rings. The average Bonchev–Trinajstić information content (AvgIpc) is 2.82. The lowest BCUT2D eigenvalue weighted by atomic mass is 10.1. The highest BCUT2D eigenvalue weighted by molar-refractivity contribution is 7.90. The van der Waals surface area contributed by atoms with Crippen LogP contribution >= 0.6 is 0 Å². The number of nitrogens with zero attached hydrogens (tertiary/aromatic N) is 2. The number of hydrogen-bond acceptors (Lipinski definition) is 5. The first-order valence-corrected chi connectivity index (χ1v) is 12.4. The number of halogens is 1. The summed E-state index contributed by atoms with van der Waals surface area (Å²) in [5, 5.41) is 0.689. The van der Waals surface area contributed by atoms with Crippen molar-refractivity contribution in [3.05, 3.63) is 102 Å². The summed E-state index contributed by atoms with van der Waals surface area (Å²) < 4.78 is 46.7. The Hall–Kier alpha value is -3.78. The van der Waals surface area contributed by atoms with E-state index in [2.05, 4.69) is 4.98 Å². The van der Waals surface area contributed by atoms with Gasteiger partial charge in [0.05, 0.1) is 29.3 Å². The van der Waals surface area contributed by atoms with Crippen LogP contribution in [0.2, 0.25) is 0 Å². The third-order valence-corrected chi connectivity index (χ3v) is 7.45. The van der Waals surface area contributed by atoms with Crippen LogP contribution in [0.4, 0.5) is 4.39 Å². The summed E-state index contributed by atoms with van der Waals surface area (Å²) in [6.07, 6.45) is 1.41. The Morgan fingerprint density at radius 2 is 1.76 bits per heavy atom. The van der Waals surface area contributed by atoms with Crippen molar-refractivity contribution in [1.82, 2.24) is 9.88 Å². The summed E-state index contributed by atoms with van der Waals surface area (Å²) in [6, 6.07) is 21.6. The largest absolute Gasteiger partial charge is 0.487 e. The van der Waals surface area contributed by atoms with E-state index >= 15 is 0 Å². The molecule has 1 aliphatic rings. The summed E-state index contributed by atoms with van der Waals surface area (Å²) in [7, 11) is -3.86. The molecular weight excluding hydrogens is 455 g/mol. The summed E-state index contributed by atoms with van der Waals surface area (Å²) in [5.74, 6) is -0.850. The number of amides is 1. The molecule has 8 heteroatoms. The van der Waals surface area contributed by atoms with E-state index in [1.807, 2.05) is 30.3 Å². The van der Waals surface area contributed by atoms with Crippen LogP contribution in [0.1, 0.15) is 15.9 Å². The molecule has 34 heavy (non-hydrogen) atoms. The SMILES string of the molecule is O=C(c1ccc(CS(=O)(=O)c2cccc3cccnc23)c(F)c1)N1CC(Oc2ccccc2)C1. The monoisotopic (exact) mass is 476 g/mol. The molecule has 2 heterocycles. The maximum Gasteiger partial charge on any atom is 0.254 e. The van der Waals surface area contributed by atoms with Crippen LogP contribution in [0, 0.1) is 5.82 Å². The Kier molecular flexibility index (Phi) is 5.75. The van der Waals surface area contributed by atoms with E-state index < -0.39 is 21.4 Å². The first-order chi connectivity index (χ1) is 16.4. The minimum Gasteiger partial charge on any atom is -0.487 e. The lowest BCUT2D eigenvalue weighted by Gasteiger charge is -2.39. The van der Waals surface area contributed by atoms with E-state index in [0.29, 0.717) is 24.0 Å². The molecule has 0 atom stereocenters. The summed E-state index contributed by atoms with van der Waals surface area (Å²) in [4.78, 5) is 18.5. The third kappa shape index (κ3) is 4.36. The number of para-hydroxylation sites is 2. The van der Waals surface area contributed by atoms with E-state index in [1.165, 1.54) is 24.4 Å². The van der Waals surface area contributed by atoms with Crippen LogP contribution in [-0.2, 0) is 15.6 Å². The van der Waals surface area contributed by atoms with Gasteiger partial charge in [0, 0.05) is 22.7 Å². The molecule has 0 aliphatic carbocycles. The molecule has 1 aliphatic heterocycles. The normalized spacial score (nSPS) is 14.1. The first-order valence-electron chi connectivity index (χ1n) is 10.8. The van der Waals surface area contributed by atoms with Crippen molar-refractivity contribution in [3.8, 4) is 5.75 Å². The number of aromatic nitrogens is 1. The smallest absolute Gasteiger partial charge is 0.254 e. The molecule has 5 rings (SSSR count). The van der Waals surface area contributed by atoms with Gasteiger partial charge in [-0.3, -0.25) is 9.78 Å². The predicted molar refractivity (Wildman–Crippen MR) is 126 cm³/mol. The van der Waals surface area contributed by atoms with Gasteiger partial charge >= 0.3 is 0 Å². The summed E-state index contributed by atoms with van der Waals surface area (Å²) in [5.41, 5.74) is 0.518. The van der Waals surface area contributed by atoms with Gasteiger partial charge in [0.25, 0.3) is 5.91 Å². The molecule has 0 unspecified atom stereocenters. The molecule has 1 aromatic heterocycles. The van der Waals surface area contributed by atoms with E-state index in [4.69, 9.17) is 4.74 Å². The Morgan fingerprint density at radius 3 is 2.53 bits per heavy atom. The maximum absolute atomic E-state index is 14.8. The van der Waals surface area contributed by atoms with Crippen molar-refractivity contribution in [1.29, 1.82) is 0 Å². The van der Waals surface area contributed by atoms with Crippen molar-refractivity contribution in [2.24, 2.45) is 0 Å². The molecule has 1 amide bonds. The van der Waals surface area contributed by atoms with Crippen LogP contribution in [0.25, 0.3) is 10.9 Å². The lowest BCUT2D eigenvalue weighted by Crippen LogP contribution is -2.56. The fraction of sp³-hybridized carbons (Fsp3) is 0.154. The zero-order valence-electron chi connectivity index (χ0n) is 18.1. The first kappa shape index (κ1) is 22.0. The molecule has 0 radical (unpaired) electrons. The fourth-order valence-corrected chi connectivity index (χ4v) is 5.51. The predicted octanol–water partition coefficient (Wildman–Crippen LogP) is 4.25. The van der Waals surface area contributed by atoms with Crippen LogP contribution in [0.3, 0.4) is 0 Å². The highest BCUT2D eigenvalue weighted by atomic mass is 32.2. The Labute approximate surface area is 196 Å². The number of pyridine rings is 1. The van der Waals surface area contributed by atoms with Gasteiger partial charge in [0.2, 0.25) is 0 Å². The van der Waals surface area contributed by atoms with Gasteiger partial charge in [-0.2, -0.15) is 0 Å². The highest BCUT2D eigenvalue weighted by Crippen LogP contribution is 2.26. The van der Waals surface area contributed by atoms with Gasteiger partial charge in [-0.1, -0.05) is 42.5 Å². The Balaban J connectivity index is 1.28. The average molecular weight is 477 g/mol. The van der Waals surface area contributed by atoms with Gasteiger partial charge in [-0.15, -0.1) is 0 Å². The number of carbonyl (C=O) groups is 1. The molecule has 1 saturated heterocycles. The van der Waals surface area contributed by atoms with Crippen LogP contribution < -0.4 is 4.74 Å². The van der Waals surface area contributed by atoms with Gasteiger partial charge in [-0.25, -0.2) is 12.8 Å². The van der Waals surface area contributed by atoms with Gasteiger partial charge in [-0.05, 0) is 36.4 Å². The van der Waals surface area contributed by atoms with Crippen molar-refractivity contribution >= 4 is 26.6 Å². The molecule has 0 N–H and O–H groups in total. The molecule has 0 bridgehead atoms. The van der Waals surface area contributed by atoms with Crippen LogP contribution in [-0.4, -0.2) is 43.4 Å². The van der Waals surface area contributed by atoms with E-state index in [-0.39, 0.29) is 28.0 Å². The van der Waals surface area contributed by atoms with E-state index in [0.717, 1.165) is 11.8 Å². The second-order valence-electron chi connectivity index (χ2n) is 8.16. The van der Waals surface area contributed by atoms with Gasteiger partial charge < -0.3 is 9.64 Å². The minimum absolute atomic E-state index is 0.00150. The molecule has 6 nitrogen and oxygen atoms in total. The topological polar surface area (TPSA) is 76.6 Å². The number of hydrogen-bond donors (Lipinski definition) is 0. The fourth-order valence-electron chi connectivity index (χ4n) is 3.96. The lowest BCUT2D eigenvalue weighted by molar-refractivity contribution is 0.0177. The molecule has 0 saturated carbocycles. The van der Waals surface area contributed by atoms with Crippen LogP contribution in [0.15, 0.2) is 90.0 Å². The highest BCUT2D eigenvalue weighted by Gasteiger charge is 2.33. The van der Waals surface area contributed by atoms with Crippen molar-refractivity contribution in [2.45, 2.75) is 16.8 Å². The standard InChI is InChI=1S/C26H21FN2O4S/c27-23-14-19(26(30)29-15-22(16-29)33-21-8-2-1-3-9-21)11-12-20(23)17-34(31,32)24-10-4-6-18-7-5-13-28-25(18)24/h1-14,22H,15-17H2. The number of fused-ring (bicyclic) bond motifs is 1. The molecule has 1 fully saturated rings. The van der Waals surface area contributed by atoms with Crippen molar-refractivity contribution in [3.63, 3.8) is 0 Å². The minimum atomic E-state index is -3.86. The number of ether oxygens (including phenoxy) is 1. The van der Waals surface area contributed by atoms with Gasteiger partial charge in [0.1, 0.15) is 17.7 Å². The van der Waals surface area contributed by atoms with E-state index in [1.54, 1.807) is 29.2 Å². The summed E-state index contributed by atoms with van der Waals surface area (Å²) >= 11 is 0. The molecular formula is C26H21FN2O4S. The quantitative estimate of drug-likeness (QED) is 0.416. The Bertz CT molecular complexity index is 1460. The van der Waals surface area contributed by atoms with E-state index in [9.17, 15) is 17.6 Å². The number of rotatable bonds is 6. The van der Waals surface area contributed by atoms with Gasteiger partial charge in [0.15, 0.2) is 9.84 Å². The van der Waals surface area contributed by atoms with Crippen molar-refractivity contribution < 1.29 is 22.3 Å². The number of benzene rings is 3. The summed E-state index contributed by atoms with van der Waals surface area (Å²) in [6.45, 7) is 0.805. The molecule has 172 valence electrons. The zero-order chi connectivity index (χ0) is 23.7. The number of likely N-dealkylation sites (tertiary alicyclic amines) is 1. The second kappa shape index (κ2) is 8.87.